The first-order valence-corrected chi connectivity index (χ1v) is 7.13. The summed E-state index contributed by atoms with van der Waals surface area (Å²) < 4.78 is 36.8. The van der Waals surface area contributed by atoms with Crippen molar-refractivity contribution in [2.45, 2.75) is 56.3 Å². The van der Waals surface area contributed by atoms with Gasteiger partial charge in [0.2, 0.25) is 0 Å². The van der Waals surface area contributed by atoms with Crippen molar-refractivity contribution in [3.63, 3.8) is 0 Å². The van der Waals surface area contributed by atoms with Gasteiger partial charge in [-0.05, 0) is 18.9 Å². The van der Waals surface area contributed by atoms with Gasteiger partial charge in [-0.2, -0.15) is 0 Å². The molecule has 0 aromatic rings. The first-order valence-electron chi connectivity index (χ1n) is 8.63. The molecule has 2 aliphatic heterocycles. The molecule has 21 heavy (non-hydrogen) atoms. The van der Waals surface area contributed by atoms with Crippen molar-refractivity contribution >= 4 is 0 Å². The zero-order chi connectivity index (χ0) is 17.9. The summed E-state index contributed by atoms with van der Waals surface area (Å²) in [5, 5.41) is 42.0. The van der Waals surface area contributed by atoms with Crippen molar-refractivity contribution in [3.05, 3.63) is 11.6 Å². The summed E-state index contributed by atoms with van der Waals surface area (Å²) in [5.41, 5.74) is -4.40. The second-order valence-corrected chi connectivity index (χ2v) is 6.75. The zero-order valence-electron chi connectivity index (χ0n) is 14.9. The van der Waals surface area contributed by atoms with Gasteiger partial charge < -0.3 is 29.9 Å². The molecule has 0 aromatic carbocycles. The fourth-order valence-electron chi connectivity index (χ4n) is 4.56. The molecule has 0 aromatic heterocycles. The van der Waals surface area contributed by atoms with Gasteiger partial charge in [0.05, 0.1) is 32.9 Å². The van der Waals surface area contributed by atoms with Gasteiger partial charge in [-0.25, -0.2) is 0 Å². The number of aliphatic hydroxyl groups excluding tert-OH is 3. The fraction of sp³-hybridized carbons (Fsp3) is 0.867. The van der Waals surface area contributed by atoms with Gasteiger partial charge in [0.25, 0.3) is 0 Å². The lowest BCUT2D eigenvalue weighted by Gasteiger charge is -2.58. The van der Waals surface area contributed by atoms with Crippen LogP contribution in [-0.2, 0) is 9.47 Å². The summed E-state index contributed by atoms with van der Waals surface area (Å²) >= 11 is 0. The zero-order valence-corrected chi connectivity index (χ0v) is 11.9. The van der Waals surface area contributed by atoms with Crippen molar-refractivity contribution in [1.29, 1.82) is 0 Å². The van der Waals surface area contributed by atoms with E-state index in [9.17, 15) is 20.4 Å². The van der Waals surface area contributed by atoms with Crippen molar-refractivity contribution in [2.75, 3.05) is 13.2 Å². The minimum Gasteiger partial charge on any atom is -0.396 e. The third-order valence-electron chi connectivity index (χ3n) is 6.09. The van der Waals surface area contributed by atoms with Gasteiger partial charge in [-0.3, -0.25) is 0 Å². The van der Waals surface area contributed by atoms with Gasteiger partial charge in [0.15, 0.2) is 0 Å². The minimum absolute atomic E-state index is 0.0567. The second kappa shape index (κ2) is 3.88. The summed E-state index contributed by atoms with van der Waals surface area (Å²) in [7, 11) is 0. The molecular weight excluding hydrogens is 276 g/mol. The molecule has 2 saturated heterocycles. The Hall–Kier alpha value is -0.500. The van der Waals surface area contributed by atoms with Gasteiger partial charge in [-0.1, -0.05) is 13.0 Å². The summed E-state index contributed by atoms with van der Waals surface area (Å²) in [5.74, 6) is 0. The summed E-state index contributed by atoms with van der Waals surface area (Å²) in [6.45, 7) is 2.33. The smallest absolute Gasteiger partial charge is 0.129 e. The third kappa shape index (κ3) is 1.27. The Bertz CT molecular complexity index is 633. The van der Waals surface area contributed by atoms with Gasteiger partial charge >= 0.3 is 0 Å². The molecule has 118 valence electrons. The number of fused-ring (bicyclic) bond motifs is 2. The van der Waals surface area contributed by atoms with Crippen molar-refractivity contribution in [1.82, 2.24) is 0 Å². The molecule has 2 heterocycles. The molecule has 4 N–H and O–H groups in total. The van der Waals surface area contributed by atoms with E-state index < -0.39 is 59.9 Å². The first kappa shape index (κ1) is 11.1. The Morgan fingerprint density at radius 3 is 2.71 bits per heavy atom. The van der Waals surface area contributed by atoms with Crippen LogP contribution in [0.5, 0.6) is 0 Å². The van der Waals surface area contributed by atoms with Crippen LogP contribution >= 0.6 is 0 Å². The number of rotatable bonds is 1. The average Bonchev–Trinajstić information content (AvgIpc) is 3.28. The standard InChI is InChI=1S/C15H22O6/c1-7-3-9-14(5-16,4-8(7)17)13(2)11(19)10(18)12(21-9)15(13)6-20-15/h3,8-12,16-19H,4-6H2,1-2H3/t8-,9+,10+,11+,12+,13+,14+,15-/m0/s1/i4D2,8D. The molecule has 6 nitrogen and oxygen atoms in total. The molecule has 2 aliphatic carbocycles. The molecule has 4 rings (SSSR count). The van der Waals surface area contributed by atoms with Crippen LogP contribution in [0.15, 0.2) is 11.6 Å². The topological polar surface area (TPSA) is 103 Å². The van der Waals surface area contributed by atoms with Crippen LogP contribution in [0.25, 0.3) is 0 Å². The average molecular weight is 301 g/mol. The van der Waals surface area contributed by atoms with E-state index in [0.29, 0.717) is 0 Å². The lowest BCUT2D eigenvalue weighted by atomic mass is 9.51. The SMILES string of the molecule is [2H]C1([2H])[C@]([2H])(O)C(C)=C[C@H]2O[C@@H]3[C@H](O)[C@@H](O)[C@@](C)([C@]34CO4)[C@]21CO. The molecule has 2 bridgehead atoms. The predicted molar refractivity (Wildman–Crippen MR) is 71.4 cm³/mol. The molecule has 1 saturated carbocycles. The van der Waals surface area contributed by atoms with Crippen LogP contribution < -0.4 is 0 Å². The van der Waals surface area contributed by atoms with Crippen LogP contribution in [0.4, 0.5) is 0 Å². The van der Waals surface area contributed by atoms with E-state index in [0.717, 1.165) is 0 Å². The first-order chi connectivity index (χ1) is 11.0. The lowest BCUT2D eigenvalue weighted by Crippen LogP contribution is -2.67. The van der Waals surface area contributed by atoms with Crippen LogP contribution in [-0.4, -0.2) is 69.7 Å². The quantitative estimate of drug-likeness (QED) is 0.364. The lowest BCUT2D eigenvalue weighted by molar-refractivity contribution is -0.233. The van der Waals surface area contributed by atoms with Crippen LogP contribution in [0, 0.1) is 10.8 Å². The number of aliphatic hydroxyl groups is 4. The van der Waals surface area contributed by atoms with Gasteiger partial charge in [-0.15, -0.1) is 0 Å². The van der Waals surface area contributed by atoms with E-state index >= 15 is 0 Å². The minimum atomic E-state index is -2.66. The Kier molecular flexibility index (Phi) is 2.05. The Morgan fingerprint density at radius 2 is 2.14 bits per heavy atom. The highest BCUT2D eigenvalue weighted by molar-refractivity contribution is 5.35. The highest BCUT2D eigenvalue weighted by Gasteiger charge is 2.84. The van der Waals surface area contributed by atoms with Crippen molar-refractivity contribution in [2.24, 2.45) is 10.8 Å². The molecular formula is C15H22O6. The number of ether oxygens (including phenoxy) is 2. The van der Waals surface area contributed by atoms with Crippen molar-refractivity contribution < 1.29 is 34.0 Å². The summed E-state index contributed by atoms with van der Waals surface area (Å²) in [4.78, 5) is 0. The maximum absolute atomic E-state index is 10.8. The molecule has 8 atom stereocenters. The number of hydrogen-bond acceptors (Lipinski definition) is 6. The summed E-state index contributed by atoms with van der Waals surface area (Å²) in [6.07, 6.45) is -8.49. The van der Waals surface area contributed by atoms with E-state index in [1.165, 1.54) is 13.0 Å². The monoisotopic (exact) mass is 301 g/mol. The van der Waals surface area contributed by atoms with Gasteiger partial charge in [0.1, 0.15) is 17.8 Å². The van der Waals surface area contributed by atoms with Crippen molar-refractivity contribution in [3.8, 4) is 0 Å². The maximum atomic E-state index is 10.8. The predicted octanol–water partition coefficient (Wildman–Crippen LogP) is -1.05. The Balaban J connectivity index is 2.04. The number of hydrogen-bond donors (Lipinski definition) is 4. The van der Waals surface area contributed by atoms with Crippen LogP contribution in [0.2, 0.25) is 0 Å². The summed E-state index contributed by atoms with van der Waals surface area (Å²) in [6, 6.07) is 0. The van der Waals surface area contributed by atoms with Crippen LogP contribution in [0.3, 0.4) is 0 Å². The van der Waals surface area contributed by atoms with E-state index in [2.05, 4.69) is 0 Å². The Morgan fingerprint density at radius 1 is 1.48 bits per heavy atom. The highest BCUT2D eigenvalue weighted by Crippen LogP contribution is 2.71. The largest absolute Gasteiger partial charge is 0.396 e. The highest BCUT2D eigenvalue weighted by atomic mass is 16.6. The normalized spacial score (nSPS) is 69.6. The molecule has 4 aliphatic rings. The number of epoxide rings is 1. The van der Waals surface area contributed by atoms with E-state index in [4.69, 9.17) is 13.6 Å². The molecule has 3 fully saturated rings. The molecule has 6 heteroatoms. The fourth-order valence-corrected chi connectivity index (χ4v) is 4.56. The van der Waals surface area contributed by atoms with E-state index in [1.54, 1.807) is 6.92 Å². The molecule has 0 radical (unpaired) electrons. The second-order valence-electron chi connectivity index (χ2n) is 6.75. The third-order valence-corrected chi connectivity index (χ3v) is 6.09. The van der Waals surface area contributed by atoms with E-state index in [-0.39, 0.29) is 12.2 Å². The molecule has 1 spiro atoms. The van der Waals surface area contributed by atoms with Gasteiger partial charge in [0, 0.05) is 13.6 Å². The Labute approximate surface area is 127 Å². The molecule has 0 amide bonds. The molecule has 0 unspecified atom stereocenters. The van der Waals surface area contributed by atoms with E-state index in [1.807, 2.05) is 0 Å². The maximum Gasteiger partial charge on any atom is 0.129 e. The van der Waals surface area contributed by atoms with Crippen LogP contribution in [0.1, 0.15) is 24.3 Å².